The Morgan fingerprint density at radius 1 is 1.40 bits per heavy atom. The number of rotatable bonds is 2. The van der Waals surface area contributed by atoms with Crippen molar-refractivity contribution in [1.82, 2.24) is 9.55 Å². The van der Waals surface area contributed by atoms with Gasteiger partial charge in [0, 0.05) is 18.5 Å². The molecule has 2 rings (SSSR count). The van der Waals surface area contributed by atoms with Gasteiger partial charge < -0.3 is 9.67 Å². The van der Waals surface area contributed by atoms with Gasteiger partial charge in [0.2, 0.25) is 0 Å². The van der Waals surface area contributed by atoms with Crippen LogP contribution in [0.3, 0.4) is 0 Å². The molecule has 0 bridgehead atoms. The Morgan fingerprint density at radius 2 is 2.13 bits per heavy atom. The fraction of sp³-hybridized carbons (Fsp3) is 0.417. The molecule has 1 aromatic carbocycles. The Kier molecular flexibility index (Phi) is 2.39. The summed E-state index contributed by atoms with van der Waals surface area (Å²) in [6, 6.07) is 5.75. The Hall–Kier alpha value is -1.51. The van der Waals surface area contributed by atoms with Crippen LogP contribution >= 0.6 is 0 Å². The van der Waals surface area contributed by atoms with Crippen LogP contribution in [-0.4, -0.2) is 14.7 Å². The summed E-state index contributed by atoms with van der Waals surface area (Å²) in [6.45, 7) is 6.39. The number of nitrogens with zero attached hydrogens (tertiary/aromatic N) is 2. The van der Waals surface area contributed by atoms with Gasteiger partial charge in [0.15, 0.2) is 0 Å². The standard InChI is InChI=1S/C12H16N2O/c1-4-12-13-10-7-9(15)5-6-11(10)14(12)8(2)3/h5-8,15H,4H2,1-3H3. The van der Waals surface area contributed by atoms with E-state index < -0.39 is 0 Å². The first-order valence-corrected chi connectivity index (χ1v) is 5.33. The Morgan fingerprint density at radius 3 is 2.73 bits per heavy atom. The molecule has 1 N–H and O–H groups in total. The minimum absolute atomic E-state index is 0.276. The highest BCUT2D eigenvalue weighted by Gasteiger charge is 2.11. The van der Waals surface area contributed by atoms with Gasteiger partial charge in [-0.15, -0.1) is 0 Å². The van der Waals surface area contributed by atoms with Gasteiger partial charge in [-0.3, -0.25) is 0 Å². The second-order valence-corrected chi connectivity index (χ2v) is 4.02. The van der Waals surface area contributed by atoms with Gasteiger partial charge in [-0.2, -0.15) is 0 Å². The number of hydrogen-bond donors (Lipinski definition) is 1. The van der Waals surface area contributed by atoms with Crippen molar-refractivity contribution in [1.29, 1.82) is 0 Å². The molecule has 1 heterocycles. The molecule has 0 radical (unpaired) electrons. The van der Waals surface area contributed by atoms with Gasteiger partial charge in [-0.1, -0.05) is 6.92 Å². The monoisotopic (exact) mass is 204 g/mol. The summed E-state index contributed by atoms with van der Waals surface area (Å²) in [6.07, 6.45) is 0.910. The van der Waals surface area contributed by atoms with Crippen LogP contribution in [0.5, 0.6) is 5.75 Å². The van der Waals surface area contributed by atoms with E-state index in [2.05, 4.69) is 30.3 Å². The maximum absolute atomic E-state index is 9.39. The van der Waals surface area contributed by atoms with Crippen LogP contribution < -0.4 is 0 Å². The molecule has 3 nitrogen and oxygen atoms in total. The third kappa shape index (κ3) is 1.58. The summed E-state index contributed by atoms with van der Waals surface area (Å²) in [4.78, 5) is 4.52. The summed E-state index contributed by atoms with van der Waals surface area (Å²) in [5.41, 5.74) is 1.97. The molecule has 80 valence electrons. The van der Waals surface area contributed by atoms with Crippen molar-refractivity contribution >= 4 is 11.0 Å². The first-order valence-electron chi connectivity index (χ1n) is 5.33. The summed E-state index contributed by atoms with van der Waals surface area (Å²) >= 11 is 0. The molecule has 0 amide bonds. The molecule has 15 heavy (non-hydrogen) atoms. The predicted molar refractivity (Wildman–Crippen MR) is 61.2 cm³/mol. The average molecular weight is 204 g/mol. The lowest BCUT2D eigenvalue weighted by atomic mass is 10.2. The minimum Gasteiger partial charge on any atom is -0.508 e. The normalized spacial score (nSPS) is 11.5. The van der Waals surface area contributed by atoms with Crippen LogP contribution in [-0.2, 0) is 6.42 Å². The first kappa shape index (κ1) is 10.0. The van der Waals surface area contributed by atoms with Crippen molar-refractivity contribution in [2.24, 2.45) is 0 Å². The van der Waals surface area contributed by atoms with Crippen molar-refractivity contribution in [3.05, 3.63) is 24.0 Å². The fourth-order valence-corrected chi connectivity index (χ4v) is 1.96. The van der Waals surface area contributed by atoms with E-state index in [0.29, 0.717) is 6.04 Å². The molecule has 3 heteroatoms. The second-order valence-electron chi connectivity index (χ2n) is 4.02. The van der Waals surface area contributed by atoms with E-state index in [1.54, 1.807) is 12.1 Å². The molecule has 0 spiro atoms. The third-order valence-corrected chi connectivity index (χ3v) is 2.58. The van der Waals surface area contributed by atoms with E-state index in [9.17, 15) is 5.11 Å². The highest BCUT2D eigenvalue weighted by molar-refractivity contribution is 5.77. The minimum atomic E-state index is 0.276. The number of hydrogen-bond acceptors (Lipinski definition) is 2. The molecule has 1 aromatic heterocycles. The number of aromatic nitrogens is 2. The van der Waals surface area contributed by atoms with Gasteiger partial charge in [0.05, 0.1) is 11.0 Å². The predicted octanol–water partition coefficient (Wildman–Crippen LogP) is 2.89. The zero-order valence-corrected chi connectivity index (χ0v) is 9.36. The molecule has 0 aliphatic rings. The smallest absolute Gasteiger partial charge is 0.117 e. The lowest BCUT2D eigenvalue weighted by Gasteiger charge is -2.11. The SMILES string of the molecule is CCc1nc2cc(O)ccc2n1C(C)C. The molecule has 2 aromatic rings. The van der Waals surface area contributed by atoms with Crippen LogP contribution in [0, 0.1) is 0 Å². The van der Waals surface area contributed by atoms with Crippen molar-refractivity contribution in [3.8, 4) is 5.75 Å². The summed E-state index contributed by atoms with van der Waals surface area (Å²) in [7, 11) is 0. The lowest BCUT2D eigenvalue weighted by molar-refractivity contribution is 0.476. The highest BCUT2D eigenvalue weighted by atomic mass is 16.3. The highest BCUT2D eigenvalue weighted by Crippen LogP contribution is 2.24. The summed E-state index contributed by atoms with van der Waals surface area (Å²) in [5.74, 6) is 1.35. The number of aromatic hydroxyl groups is 1. The average Bonchev–Trinajstić information content (AvgIpc) is 2.54. The number of phenols is 1. The number of phenolic OH excluding ortho intramolecular Hbond substituents is 1. The maximum atomic E-state index is 9.39. The van der Waals surface area contributed by atoms with Gasteiger partial charge in [0.25, 0.3) is 0 Å². The molecule has 0 atom stereocenters. The molecule has 0 aliphatic heterocycles. The first-order chi connectivity index (χ1) is 7.13. The Bertz CT molecular complexity index is 486. The summed E-state index contributed by atoms with van der Waals surface area (Å²) in [5, 5.41) is 9.39. The van der Waals surface area contributed by atoms with Gasteiger partial charge in [0.1, 0.15) is 11.6 Å². The largest absolute Gasteiger partial charge is 0.508 e. The van der Waals surface area contributed by atoms with E-state index in [4.69, 9.17) is 0 Å². The number of benzene rings is 1. The maximum Gasteiger partial charge on any atom is 0.117 e. The molecular formula is C12H16N2O. The number of aryl methyl sites for hydroxylation is 1. The van der Waals surface area contributed by atoms with Crippen molar-refractivity contribution in [2.75, 3.05) is 0 Å². The van der Waals surface area contributed by atoms with Gasteiger partial charge in [-0.25, -0.2) is 4.98 Å². The van der Waals surface area contributed by atoms with E-state index >= 15 is 0 Å². The lowest BCUT2D eigenvalue weighted by Crippen LogP contribution is -2.04. The van der Waals surface area contributed by atoms with Crippen LogP contribution in [0.15, 0.2) is 18.2 Å². The summed E-state index contributed by atoms with van der Waals surface area (Å²) < 4.78 is 2.22. The van der Waals surface area contributed by atoms with E-state index in [-0.39, 0.29) is 5.75 Å². The van der Waals surface area contributed by atoms with Crippen LogP contribution in [0.4, 0.5) is 0 Å². The molecule has 0 saturated carbocycles. The zero-order chi connectivity index (χ0) is 11.0. The van der Waals surface area contributed by atoms with Crippen LogP contribution in [0.25, 0.3) is 11.0 Å². The van der Waals surface area contributed by atoms with Crippen LogP contribution in [0.2, 0.25) is 0 Å². The molecule has 0 unspecified atom stereocenters. The van der Waals surface area contributed by atoms with Crippen molar-refractivity contribution in [3.63, 3.8) is 0 Å². The Balaban J connectivity index is 2.74. The van der Waals surface area contributed by atoms with Crippen molar-refractivity contribution in [2.45, 2.75) is 33.2 Å². The third-order valence-electron chi connectivity index (χ3n) is 2.58. The molecule has 0 saturated heterocycles. The molecular weight excluding hydrogens is 188 g/mol. The van der Waals surface area contributed by atoms with Crippen LogP contribution in [0.1, 0.15) is 32.6 Å². The van der Waals surface area contributed by atoms with E-state index in [0.717, 1.165) is 23.3 Å². The van der Waals surface area contributed by atoms with Crippen molar-refractivity contribution < 1.29 is 5.11 Å². The van der Waals surface area contributed by atoms with Gasteiger partial charge in [-0.05, 0) is 26.0 Å². The number of imidazole rings is 1. The molecule has 0 fully saturated rings. The zero-order valence-electron chi connectivity index (χ0n) is 9.36. The molecule has 0 aliphatic carbocycles. The topological polar surface area (TPSA) is 38.1 Å². The number of fused-ring (bicyclic) bond motifs is 1. The van der Waals surface area contributed by atoms with E-state index in [1.165, 1.54) is 0 Å². The second kappa shape index (κ2) is 3.57. The van der Waals surface area contributed by atoms with Gasteiger partial charge >= 0.3 is 0 Å². The fourth-order valence-electron chi connectivity index (χ4n) is 1.96. The quantitative estimate of drug-likeness (QED) is 0.816. The van der Waals surface area contributed by atoms with E-state index in [1.807, 2.05) is 6.07 Å². The Labute approximate surface area is 89.4 Å².